The van der Waals surface area contributed by atoms with E-state index in [4.69, 9.17) is 14.5 Å². The van der Waals surface area contributed by atoms with E-state index in [1.54, 1.807) is 19.1 Å². The number of fused-ring (bicyclic) bond motifs is 3. The lowest BCUT2D eigenvalue weighted by Gasteiger charge is -2.17. The second kappa shape index (κ2) is 11.5. The van der Waals surface area contributed by atoms with Gasteiger partial charge in [0.05, 0.1) is 25.5 Å². The van der Waals surface area contributed by atoms with E-state index in [2.05, 4.69) is 33.0 Å². The highest BCUT2D eigenvalue weighted by atomic mass is 32.2. The molecule has 0 radical (unpaired) electrons. The second-order valence-electron chi connectivity index (χ2n) is 8.90. The zero-order valence-electron chi connectivity index (χ0n) is 21.6. The molecular weight excluding hydrogens is 498 g/mol. The van der Waals surface area contributed by atoms with Crippen molar-refractivity contribution in [2.45, 2.75) is 18.1 Å². The highest BCUT2D eigenvalue weighted by molar-refractivity contribution is 7.99. The van der Waals surface area contributed by atoms with Gasteiger partial charge in [-0.25, -0.2) is 4.98 Å². The molecular formula is C29H29N5O3S. The molecule has 2 heterocycles. The van der Waals surface area contributed by atoms with Gasteiger partial charge in [-0.1, -0.05) is 66.4 Å². The van der Waals surface area contributed by atoms with Crippen molar-refractivity contribution in [3.63, 3.8) is 0 Å². The largest absolute Gasteiger partial charge is 0.493 e. The van der Waals surface area contributed by atoms with Crippen molar-refractivity contribution in [1.29, 1.82) is 0 Å². The van der Waals surface area contributed by atoms with Crippen LogP contribution in [0.1, 0.15) is 11.1 Å². The third-order valence-electron chi connectivity index (χ3n) is 6.47. The maximum atomic E-state index is 12.9. The van der Waals surface area contributed by atoms with Crippen LogP contribution in [-0.4, -0.2) is 64.1 Å². The number of amides is 1. The number of benzene rings is 3. The molecule has 194 valence electrons. The molecule has 2 aromatic heterocycles. The summed E-state index contributed by atoms with van der Waals surface area (Å²) in [5, 5.41) is 10.3. The lowest BCUT2D eigenvalue weighted by Crippen LogP contribution is -2.30. The van der Waals surface area contributed by atoms with Crippen molar-refractivity contribution in [2.75, 3.05) is 33.6 Å². The number of likely N-dealkylation sites (N-methyl/N-ethyl adjacent to an activating group) is 1. The fourth-order valence-electron chi connectivity index (χ4n) is 4.37. The van der Waals surface area contributed by atoms with Crippen LogP contribution < -0.4 is 9.47 Å². The molecule has 5 rings (SSSR count). The van der Waals surface area contributed by atoms with Crippen molar-refractivity contribution in [3.8, 4) is 11.5 Å². The monoisotopic (exact) mass is 527 g/mol. The van der Waals surface area contributed by atoms with Gasteiger partial charge in [0.2, 0.25) is 11.1 Å². The molecule has 1 amide bonds. The fourth-order valence-corrected chi connectivity index (χ4v) is 5.09. The zero-order chi connectivity index (χ0) is 26.5. The minimum atomic E-state index is 0.00371. The molecule has 0 unspecified atom stereocenters. The molecule has 0 fully saturated rings. The van der Waals surface area contributed by atoms with Gasteiger partial charge in [0.1, 0.15) is 5.52 Å². The molecule has 0 aliphatic heterocycles. The fraction of sp³-hybridized carbons (Fsp3) is 0.241. The quantitative estimate of drug-likeness (QED) is 0.240. The summed E-state index contributed by atoms with van der Waals surface area (Å²) in [6.07, 6.45) is 0.705. The Morgan fingerprint density at radius 2 is 1.68 bits per heavy atom. The summed E-state index contributed by atoms with van der Waals surface area (Å²) >= 11 is 1.30. The van der Waals surface area contributed by atoms with Crippen LogP contribution in [0.3, 0.4) is 0 Å². The molecule has 9 heteroatoms. The first-order chi connectivity index (χ1) is 18.6. The average Bonchev–Trinajstić information content (AvgIpc) is 3.27. The Hall–Kier alpha value is -4.11. The number of thioether (sulfide) groups is 1. The zero-order valence-corrected chi connectivity index (χ0v) is 22.4. The Balaban J connectivity index is 1.28. The second-order valence-corrected chi connectivity index (χ2v) is 9.84. The van der Waals surface area contributed by atoms with Gasteiger partial charge in [-0.15, -0.1) is 10.2 Å². The first-order valence-electron chi connectivity index (χ1n) is 12.3. The Morgan fingerprint density at radius 3 is 2.47 bits per heavy atom. The molecule has 38 heavy (non-hydrogen) atoms. The van der Waals surface area contributed by atoms with E-state index in [9.17, 15) is 4.79 Å². The van der Waals surface area contributed by atoms with Crippen molar-refractivity contribution < 1.29 is 14.3 Å². The molecule has 0 atom stereocenters. The van der Waals surface area contributed by atoms with Gasteiger partial charge in [-0.05, 0) is 35.7 Å². The average molecular weight is 528 g/mol. The summed E-state index contributed by atoms with van der Waals surface area (Å²) in [6, 6.07) is 24.2. The van der Waals surface area contributed by atoms with Crippen LogP contribution in [0.4, 0.5) is 0 Å². The highest BCUT2D eigenvalue weighted by Crippen LogP contribution is 2.29. The number of aromatic nitrogens is 4. The van der Waals surface area contributed by atoms with Gasteiger partial charge < -0.3 is 18.9 Å². The standard InChI is InChI=1S/C29H29N5O3S/c1-33(16-15-20-13-14-24(36-2)25(17-20)37-3)26(35)19-38-29-30-28-27(31-32-29)22-11-7-8-12-23(22)34(28)18-21-9-5-4-6-10-21/h4-14,17H,15-16,18-19H2,1-3H3. The number of para-hydroxylation sites is 1. The van der Waals surface area contributed by atoms with E-state index in [0.717, 1.165) is 27.6 Å². The van der Waals surface area contributed by atoms with Gasteiger partial charge in [-0.3, -0.25) is 4.79 Å². The number of carbonyl (C=O) groups is 1. The van der Waals surface area contributed by atoms with Crippen molar-refractivity contribution in [1.82, 2.24) is 24.6 Å². The van der Waals surface area contributed by atoms with E-state index in [1.807, 2.05) is 61.6 Å². The molecule has 5 aromatic rings. The van der Waals surface area contributed by atoms with Gasteiger partial charge in [0.25, 0.3) is 0 Å². The van der Waals surface area contributed by atoms with Crippen LogP contribution >= 0.6 is 11.8 Å². The Morgan fingerprint density at radius 1 is 0.921 bits per heavy atom. The van der Waals surface area contributed by atoms with E-state index < -0.39 is 0 Å². The van der Waals surface area contributed by atoms with Gasteiger partial charge in [0.15, 0.2) is 17.1 Å². The van der Waals surface area contributed by atoms with Gasteiger partial charge >= 0.3 is 0 Å². The summed E-state index contributed by atoms with van der Waals surface area (Å²) in [6.45, 7) is 1.25. The topological polar surface area (TPSA) is 82.4 Å². The normalized spacial score (nSPS) is 11.1. The van der Waals surface area contributed by atoms with Gasteiger partial charge in [0, 0.05) is 25.5 Å². The predicted molar refractivity (Wildman–Crippen MR) is 150 cm³/mol. The van der Waals surface area contributed by atoms with Crippen LogP contribution in [0.5, 0.6) is 11.5 Å². The first-order valence-corrected chi connectivity index (χ1v) is 13.3. The van der Waals surface area contributed by atoms with Crippen LogP contribution in [-0.2, 0) is 17.8 Å². The SMILES string of the molecule is COc1ccc(CCN(C)C(=O)CSc2nnc3c4ccccc4n(Cc4ccccc4)c3n2)cc1OC. The summed E-state index contributed by atoms with van der Waals surface area (Å²) < 4.78 is 12.8. The lowest BCUT2D eigenvalue weighted by molar-refractivity contribution is -0.127. The number of ether oxygens (including phenoxy) is 2. The summed E-state index contributed by atoms with van der Waals surface area (Å²) in [4.78, 5) is 19.4. The number of hydrogen-bond donors (Lipinski definition) is 0. The van der Waals surface area contributed by atoms with Crippen molar-refractivity contribution in [3.05, 3.63) is 83.9 Å². The molecule has 0 bridgehead atoms. The molecule has 0 aliphatic rings. The smallest absolute Gasteiger partial charge is 0.232 e. The number of nitrogens with zero attached hydrogens (tertiary/aromatic N) is 5. The molecule has 0 spiro atoms. The van der Waals surface area contributed by atoms with Crippen molar-refractivity contribution in [2.24, 2.45) is 0 Å². The molecule has 0 aliphatic carbocycles. The Kier molecular flexibility index (Phi) is 7.74. The van der Waals surface area contributed by atoms with Crippen LogP contribution in [0.2, 0.25) is 0 Å². The third kappa shape index (κ3) is 5.43. The maximum Gasteiger partial charge on any atom is 0.232 e. The minimum Gasteiger partial charge on any atom is -0.493 e. The van der Waals surface area contributed by atoms with Crippen LogP contribution in [0.25, 0.3) is 22.1 Å². The summed E-state index contributed by atoms with van der Waals surface area (Å²) in [5.41, 5.74) is 4.83. The Labute approximate surface area is 225 Å². The van der Waals surface area contributed by atoms with Crippen LogP contribution in [0, 0.1) is 0 Å². The summed E-state index contributed by atoms with van der Waals surface area (Å²) in [5.74, 6) is 1.60. The molecule has 0 saturated carbocycles. The minimum absolute atomic E-state index is 0.00371. The number of rotatable bonds is 10. The summed E-state index contributed by atoms with van der Waals surface area (Å²) in [7, 11) is 5.04. The number of hydrogen-bond acceptors (Lipinski definition) is 7. The molecule has 8 nitrogen and oxygen atoms in total. The van der Waals surface area contributed by atoms with E-state index in [1.165, 1.54) is 17.3 Å². The third-order valence-corrected chi connectivity index (χ3v) is 7.29. The lowest BCUT2D eigenvalue weighted by atomic mass is 10.1. The predicted octanol–water partition coefficient (Wildman–Crippen LogP) is 4.84. The molecule has 3 aromatic carbocycles. The van der Waals surface area contributed by atoms with E-state index >= 15 is 0 Å². The number of carbonyl (C=O) groups excluding carboxylic acids is 1. The van der Waals surface area contributed by atoms with Crippen molar-refractivity contribution >= 4 is 39.7 Å². The maximum absolute atomic E-state index is 12.9. The van der Waals surface area contributed by atoms with Crippen LogP contribution in [0.15, 0.2) is 78.0 Å². The molecule has 0 N–H and O–H groups in total. The first kappa shape index (κ1) is 25.5. The number of methoxy groups -OCH3 is 2. The van der Waals surface area contributed by atoms with E-state index in [-0.39, 0.29) is 11.7 Å². The van der Waals surface area contributed by atoms with E-state index in [0.29, 0.717) is 36.2 Å². The Bertz CT molecular complexity index is 1570. The van der Waals surface area contributed by atoms with Gasteiger partial charge in [-0.2, -0.15) is 0 Å². The molecule has 0 saturated heterocycles. The highest BCUT2D eigenvalue weighted by Gasteiger charge is 2.17.